The molecule has 0 aliphatic carbocycles. The maximum absolute atomic E-state index is 11.7. The first-order valence-corrected chi connectivity index (χ1v) is 6.75. The minimum Gasteiger partial charge on any atom is -0.456 e. The van der Waals surface area contributed by atoms with Crippen molar-refractivity contribution >= 4 is 5.97 Å². The van der Waals surface area contributed by atoms with E-state index in [1.54, 1.807) is 6.92 Å². The molecule has 0 N–H and O–H groups in total. The maximum atomic E-state index is 11.7. The molecule has 0 fully saturated rings. The molecule has 0 amide bonds. The topological polar surface area (TPSA) is 26.3 Å². The summed E-state index contributed by atoms with van der Waals surface area (Å²) in [4.78, 5) is 11.7. The first-order chi connectivity index (χ1) is 7.87. The van der Waals surface area contributed by atoms with Crippen molar-refractivity contribution in [3.05, 3.63) is 12.2 Å². The molecule has 100 valence electrons. The molecule has 0 aliphatic heterocycles. The second kappa shape index (κ2) is 7.52. The Balaban J connectivity index is 4.44. The first-order valence-electron chi connectivity index (χ1n) is 6.75. The quantitative estimate of drug-likeness (QED) is 0.461. The van der Waals surface area contributed by atoms with Gasteiger partial charge in [-0.25, -0.2) is 4.79 Å². The summed E-state index contributed by atoms with van der Waals surface area (Å²) in [5, 5.41) is 0. The number of esters is 1. The minimum absolute atomic E-state index is 0.252. The van der Waals surface area contributed by atoms with Gasteiger partial charge in [-0.2, -0.15) is 0 Å². The molecule has 17 heavy (non-hydrogen) atoms. The van der Waals surface area contributed by atoms with Gasteiger partial charge in [-0.05, 0) is 38.5 Å². The van der Waals surface area contributed by atoms with Gasteiger partial charge in [0, 0.05) is 5.57 Å². The number of hydrogen-bond acceptors (Lipinski definition) is 2. The van der Waals surface area contributed by atoms with Crippen molar-refractivity contribution in [3.8, 4) is 0 Å². The summed E-state index contributed by atoms with van der Waals surface area (Å²) >= 11 is 0. The molecule has 0 spiro atoms. The van der Waals surface area contributed by atoms with Gasteiger partial charge in [0.15, 0.2) is 0 Å². The highest BCUT2D eigenvalue weighted by molar-refractivity contribution is 5.87. The average Bonchev–Trinajstić information content (AvgIpc) is 2.26. The molecule has 0 aliphatic rings. The Morgan fingerprint density at radius 3 is 2.18 bits per heavy atom. The normalized spacial score (nSPS) is 11.6. The van der Waals surface area contributed by atoms with Crippen LogP contribution in [0, 0.1) is 5.92 Å². The predicted molar refractivity (Wildman–Crippen MR) is 72.9 cm³/mol. The van der Waals surface area contributed by atoms with E-state index in [4.69, 9.17) is 4.74 Å². The summed E-state index contributed by atoms with van der Waals surface area (Å²) in [7, 11) is 0. The van der Waals surface area contributed by atoms with Crippen molar-refractivity contribution in [1.29, 1.82) is 0 Å². The van der Waals surface area contributed by atoms with Crippen LogP contribution in [0.15, 0.2) is 12.2 Å². The van der Waals surface area contributed by atoms with Gasteiger partial charge in [-0.1, -0.05) is 40.7 Å². The van der Waals surface area contributed by atoms with E-state index in [2.05, 4.69) is 34.3 Å². The lowest BCUT2D eigenvalue weighted by Gasteiger charge is -2.32. The molecule has 2 nitrogen and oxygen atoms in total. The van der Waals surface area contributed by atoms with Crippen LogP contribution in [-0.4, -0.2) is 11.6 Å². The van der Waals surface area contributed by atoms with Crippen molar-refractivity contribution in [3.63, 3.8) is 0 Å². The van der Waals surface area contributed by atoms with E-state index in [1.807, 2.05) is 0 Å². The summed E-state index contributed by atoms with van der Waals surface area (Å²) in [5.41, 5.74) is 0.199. The van der Waals surface area contributed by atoms with Gasteiger partial charge >= 0.3 is 5.97 Å². The van der Waals surface area contributed by atoms with Gasteiger partial charge in [0.1, 0.15) is 5.60 Å². The summed E-state index contributed by atoms with van der Waals surface area (Å²) in [6.07, 6.45) is 5.01. The minimum atomic E-state index is -0.287. The van der Waals surface area contributed by atoms with E-state index in [1.165, 1.54) is 6.42 Å². The summed E-state index contributed by atoms with van der Waals surface area (Å²) in [6, 6.07) is 0. The van der Waals surface area contributed by atoms with Gasteiger partial charge < -0.3 is 4.74 Å². The molecule has 0 heterocycles. The number of carbonyl (C=O) groups excluding carboxylic acids is 1. The zero-order valence-electron chi connectivity index (χ0n) is 12.1. The van der Waals surface area contributed by atoms with Gasteiger partial charge in [-0.15, -0.1) is 0 Å². The number of rotatable bonds is 8. The van der Waals surface area contributed by atoms with Gasteiger partial charge in [0.05, 0.1) is 0 Å². The van der Waals surface area contributed by atoms with E-state index in [0.29, 0.717) is 11.5 Å². The van der Waals surface area contributed by atoms with E-state index in [9.17, 15) is 4.79 Å². The van der Waals surface area contributed by atoms with E-state index >= 15 is 0 Å². The highest BCUT2D eigenvalue weighted by Gasteiger charge is 2.30. The fourth-order valence-electron chi connectivity index (χ4n) is 1.92. The third kappa shape index (κ3) is 5.90. The van der Waals surface area contributed by atoms with Crippen LogP contribution in [-0.2, 0) is 9.53 Å². The fourth-order valence-corrected chi connectivity index (χ4v) is 1.92. The van der Waals surface area contributed by atoms with Crippen LogP contribution in [0.4, 0.5) is 0 Å². The third-order valence-electron chi connectivity index (χ3n) is 3.36. The monoisotopic (exact) mass is 240 g/mol. The lowest BCUT2D eigenvalue weighted by atomic mass is 9.89. The first kappa shape index (κ1) is 16.2. The Morgan fingerprint density at radius 1 is 1.29 bits per heavy atom. The van der Waals surface area contributed by atoms with Crippen LogP contribution >= 0.6 is 0 Å². The summed E-state index contributed by atoms with van der Waals surface area (Å²) in [5.74, 6) is 0.455. The van der Waals surface area contributed by atoms with Gasteiger partial charge in [0.2, 0.25) is 0 Å². The molecule has 0 saturated carbocycles. The SMILES string of the molecule is C=C(C)C(=O)OC(CC)(CC)CCCC(C)C. The molecule has 0 bridgehead atoms. The van der Waals surface area contributed by atoms with Crippen LogP contribution in [0.2, 0.25) is 0 Å². The van der Waals surface area contributed by atoms with Crippen molar-refractivity contribution < 1.29 is 9.53 Å². The van der Waals surface area contributed by atoms with Crippen molar-refractivity contribution in [1.82, 2.24) is 0 Å². The molecule has 0 aromatic rings. The second-order valence-electron chi connectivity index (χ2n) is 5.35. The van der Waals surface area contributed by atoms with Gasteiger partial charge in [-0.3, -0.25) is 0 Å². The number of carbonyl (C=O) groups is 1. The predicted octanol–water partition coefficient (Wildman–Crippen LogP) is 4.49. The molecule has 0 aromatic heterocycles. The molecule has 0 aromatic carbocycles. The van der Waals surface area contributed by atoms with Crippen LogP contribution in [0.25, 0.3) is 0 Å². The van der Waals surface area contributed by atoms with Crippen molar-refractivity contribution in [2.24, 2.45) is 5.92 Å². The van der Waals surface area contributed by atoms with Gasteiger partial charge in [0.25, 0.3) is 0 Å². The van der Waals surface area contributed by atoms with E-state index < -0.39 is 0 Å². The molecule has 0 saturated heterocycles. The third-order valence-corrected chi connectivity index (χ3v) is 3.36. The van der Waals surface area contributed by atoms with Crippen LogP contribution in [0.3, 0.4) is 0 Å². The summed E-state index contributed by atoms with van der Waals surface area (Å²) < 4.78 is 5.64. The highest BCUT2D eigenvalue weighted by atomic mass is 16.6. The molecule has 0 rings (SSSR count). The van der Waals surface area contributed by atoms with Crippen molar-refractivity contribution in [2.45, 2.75) is 72.3 Å². The second-order valence-corrected chi connectivity index (χ2v) is 5.35. The van der Waals surface area contributed by atoms with Crippen LogP contribution in [0.1, 0.15) is 66.7 Å². The van der Waals surface area contributed by atoms with E-state index in [-0.39, 0.29) is 11.6 Å². The van der Waals surface area contributed by atoms with E-state index in [0.717, 1.165) is 25.7 Å². The Bertz CT molecular complexity index is 250. The molecule has 2 heteroatoms. The Labute approximate surface area is 106 Å². The lowest BCUT2D eigenvalue weighted by Crippen LogP contribution is -2.34. The maximum Gasteiger partial charge on any atom is 0.333 e. The largest absolute Gasteiger partial charge is 0.456 e. The van der Waals surface area contributed by atoms with Crippen LogP contribution < -0.4 is 0 Å². The molecule has 0 radical (unpaired) electrons. The lowest BCUT2D eigenvalue weighted by molar-refractivity contribution is -0.156. The zero-order valence-corrected chi connectivity index (χ0v) is 12.1. The fraction of sp³-hybridized carbons (Fsp3) is 0.800. The average molecular weight is 240 g/mol. The molecular weight excluding hydrogens is 212 g/mol. The molecule has 0 atom stereocenters. The number of hydrogen-bond donors (Lipinski definition) is 0. The Hall–Kier alpha value is -0.790. The number of ether oxygens (including phenoxy) is 1. The van der Waals surface area contributed by atoms with Crippen LogP contribution in [0.5, 0.6) is 0 Å². The molecular formula is C15H28O2. The Morgan fingerprint density at radius 2 is 1.82 bits per heavy atom. The summed E-state index contributed by atoms with van der Waals surface area (Å²) in [6.45, 7) is 14.0. The highest BCUT2D eigenvalue weighted by Crippen LogP contribution is 2.28. The molecule has 0 unspecified atom stereocenters. The zero-order chi connectivity index (χ0) is 13.5. The Kier molecular flexibility index (Phi) is 7.17. The smallest absolute Gasteiger partial charge is 0.333 e. The van der Waals surface area contributed by atoms with Crippen molar-refractivity contribution in [2.75, 3.05) is 0 Å². The standard InChI is InChI=1S/C15H28O2/c1-7-15(8-2,11-9-10-12(3)4)17-14(16)13(5)6/h12H,5,7-11H2,1-4,6H3.